The minimum atomic E-state index is -0.521. The average molecular weight is 473 g/mol. The molecule has 0 atom stereocenters. The molecule has 0 bridgehead atoms. The van der Waals surface area contributed by atoms with Crippen molar-refractivity contribution in [3.63, 3.8) is 0 Å². The van der Waals surface area contributed by atoms with Gasteiger partial charge in [0.25, 0.3) is 0 Å². The smallest absolute Gasteiger partial charge is 0.235 e. The minimum absolute atomic E-state index is 0.0174. The zero-order valence-electron chi connectivity index (χ0n) is 18.9. The number of aromatic nitrogens is 3. The van der Waals surface area contributed by atoms with Crippen molar-refractivity contribution in [3.8, 4) is 17.4 Å². The third-order valence-electron chi connectivity index (χ3n) is 6.29. The van der Waals surface area contributed by atoms with Gasteiger partial charge in [-0.25, -0.2) is 4.98 Å². The van der Waals surface area contributed by atoms with Crippen molar-refractivity contribution in [2.24, 2.45) is 0 Å². The summed E-state index contributed by atoms with van der Waals surface area (Å²) in [5, 5.41) is 3.78. The fraction of sp³-hybridized carbons (Fsp3) is 0.222. The maximum absolute atomic E-state index is 13.4. The predicted octanol–water partition coefficient (Wildman–Crippen LogP) is 6.47. The van der Waals surface area contributed by atoms with Crippen molar-refractivity contribution in [3.05, 3.63) is 95.5 Å². The zero-order chi connectivity index (χ0) is 23.5. The standard InChI is InChI=1S/C27H25ClN4O2/c1-19-29-24(32-16-4-5-17-32)18-25(30-19)34-23-12-10-22(11-13-23)31-26(33)27(14-2-3-15-27)20-6-8-21(28)9-7-20/h4-13,16-18H,2-3,14-15H2,1H3,(H,31,33). The van der Waals surface area contributed by atoms with Crippen LogP contribution < -0.4 is 10.1 Å². The number of hydrogen-bond donors (Lipinski definition) is 1. The van der Waals surface area contributed by atoms with Crippen LogP contribution in [0.25, 0.3) is 5.82 Å². The highest BCUT2D eigenvalue weighted by Crippen LogP contribution is 2.42. The quantitative estimate of drug-likeness (QED) is 0.349. The highest BCUT2D eigenvalue weighted by molar-refractivity contribution is 6.30. The molecule has 7 heteroatoms. The van der Waals surface area contributed by atoms with Crippen LogP contribution in [-0.2, 0) is 10.2 Å². The first-order valence-corrected chi connectivity index (χ1v) is 11.7. The van der Waals surface area contributed by atoms with Crippen LogP contribution in [0.3, 0.4) is 0 Å². The van der Waals surface area contributed by atoms with E-state index < -0.39 is 5.41 Å². The van der Waals surface area contributed by atoms with Gasteiger partial charge in [-0.05, 0) is 73.9 Å². The van der Waals surface area contributed by atoms with E-state index in [4.69, 9.17) is 16.3 Å². The van der Waals surface area contributed by atoms with Crippen molar-refractivity contribution >= 4 is 23.2 Å². The molecule has 2 aromatic carbocycles. The number of hydrogen-bond acceptors (Lipinski definition) is 4. The Bertz CT molecular complexity index is 1280. The van der Waals surface area contributed by atoms with E-state index in [1.54, 1.807) is 6.07 Å². The van der Waals surface area contributed by atoms with Crippen molar-refractivity contribution in [1.29, 1.82) is 0 Å². The molecule has 5 rings (SSSR count). The fourth-order valence-corrected chi connectivity index (χ4v) is 4.70. The Hall–Kier alpha value is -3.64. The summed E-state index contributed by atoms with van der Waals surface area (Å²) >= 11 is 6.07. The van der Waals surface area contributed by atoms with Crippen LogP contribution >= 0.6 is 11.6 Å². The second-order valence-corrected chi connectivity index (χ2v) is 9.02. The van der Waals surface area contributed by atoms with Gasteiger partial charge in [-0.3, -0.25) is 4.79 Å². The Labute approximate surface area is 203 Å². The molecule has 1 aliphatic carbocycles. The van der Waals surface area contributed by atoms with Crippen molar-refractivity contribution in [1.82, 2.24) is 14.5 Å². The SMILES string of the molecule is Cc1nc(Oc2ccc(NC(=O)C3(c4ccc(Cl)cc4)CCCC3)cc2)cc(-n2cccc2)n1. The van der Waals surface area contributed by atoms with Crippen molar-refractivity contribution < 1.29 is 9.53 Å². The van der Waals surface area contributed by atoms with E-state index in [1.807, 2.05) is 84.5 Å². The van der Waals surface area contributed by atoms with Gasteiger partial charge in [-0.2, -0.15) is 4.98 Å². The molecular formula is C27H25ClN4O2. The third-order valence-corrected chi connectivity index (χ3v) is 6.55. The average Bonchev–Trinajstić information content (AvgIpc) is 3.54. The Morgan fingerprint density at radius 1 is 1.00 bits per heavy atom. The summed E-state index contributed by atoms with van der Waals surface area (Å²) in [6.07, 6.45) is 7.57. The van der Waals surface area contributed by atoms with Gasteiger partial charge in [0.05, 0.1) is 5.41 Å². The van der Waals surface area contributed by atoms with Gasteiger partial charge in [-0.1, -0.05) is 36.6 Å². The number of carbonyl (C=O) groups is 1. The maximum Gasteiger partial charge on any atom is 0.235 e. The lowest BCUT2D eigenvalue weighted by Crippen LogP contribution is -2.37. The predicted molar refractivity (Wildman–Crippen MR) is 133 cm³/mol. The molecule has 1 aliphatic rings. The first-order chi connectivity index (χ1) is 16.5. The first kappa shape index (κ1) is 22.2. The summed E-state index contributed by atoms with van der Waals surface area (Å²) in [5.41, 5.74) is 1.22. The maximum atomic E-state index is 13.4. The lowest BCUT2D eigenvalue weighted by atomic mass is 9.78. The number of amides is 1. The molecule has 1 fully saturated rings. The van der Waals surface area contributed by atoms with E-state index in [0.717, 1.165) is 42.8 Å². The van der Waals surface area contributed by atoms with E-state index in [-0.39, 0.29) is 5.91 Å². The lowest BCUT2D eigenvalue weighted by Gasteiger charge is -2.28. The molecule has 34 heavy (non-hydrogen) atoms. The number of aryl methyl sites for hydroxylation is 1. The summed E-state index contributed by atoms with van der Waals surface area (Å²) in [6, 6.07) is 20.7. The van der Waals surface area contributed by atoms with Crippen LogP contribution in [0.2, 0.25) is 5.02 Å². The molecule has 1 amide bonds. The van der Waals surface area contributed by atoms with Crippen LogP contribution in [0.4, 0.5) is 5.69 Å². The summed E-state index contributed by atoms with van der Waals surface area (Å²) in [5.74, 6) is 2.46. The van der Waals surface area contributed by atoms with Gasteiger partial charge in [0.1, 0.15) is 17.4 Å². The van der Waals surface area contributed by atoms with Crippen LogP contribution in [0.1, 0.15) is 37.1 Å². The molecule has 1 saturated carbocycles. The van der Waals surface area contributed by atoms with E-state index >= 15 is 0 Å². The molecule has 4 aromatic rings. The Morgan fingerprint density at radius 3 is 2.35 bits per heavy atom. The summed E-state index contributed by atoms with van der Waals surface area (Å²) in [7, 11) is 0. The van der Waals surface area contributed by atoms with E-state index in [9.17, 15) is 4.79 Å². The molecule has 0 radical (unpaired) electrons. The van der Waals surface area contributed by atoms with Crippen LogP contribution in [0, 0.1) is 6.92 Å². The number of anilines is 1. The normalized spacial score (nSPS) is 14.6. The highest BCUT2D eigenvalue weighted by atomic mass is 35.5. The molecule has 172 valence electrons. The van der Waals surface area contributed by atoms with Gasteiger partial charge in [0.2, 0.25) is 11.8 Å². The molecule has 1 N–H and O–H groups in total. The molecule has 2 heterocycles. The monoisotopic (exact) mass is 472 g/mol. The number of benzene rings is 2. The molecule has 0 saturated heterocycles. The number of halogens is 1. The summed E-state index contributed by atoms with van der Waals surface area (Å²) in [6.45, 7) is 1.83. The number of ether oxygens (including phenoxy) is 1. The minimum Gasteiger partial charge on any atom is -0.439 e. The second kappa shape index (κ2) is 9.31. The van der Waals surface area contributed by atoms with Gasteiger partial charge in [0, 0.05) is 29.2 Å². The van der Waals surface area contributed by atoms with Gasteiger partial charge >= 0.3 is 0 Å². The van der Waals surface area contributed by atoms with Gasteiger partial charge < -0.3 is 14.6 Å². The van der Waals surface area contributed by atoms with Crippen molar-refractivity contribution in [2.45, 2.75) is 38.0 Å². The number of carbonyl (C=O) groups excluding carboxylic acids is 1. The first-order valence-electron chi connectivity index (χ1n) is 11.4. The fourth-order valence-electron chi connectivity index (χ4n) is 4.57. The second-order valence-electron chi connectivity index (χ2n) is 8.58. The molecule has 0 aliphatic heterocycles. The van der Waals surface area contributed by atoms with E-state index in [0.29, 0.717) is 22.5 Å². The van der Waals surface area contributed by atoms with Crippen molar-refractivity contribution in [2.75, 3.05) is 5.32 Å². The highest BCUT2D eigenvalue weighted by Gasteiger charge is 2.42. The van der Waals surface area contributed by atoms with E-state index in [1.165, 1.54) is 0 Å². The Kier molecular flexibility index (Phi) is 6.07. The van der Waals surface area contributed by atoms with Crippen LogP contribution in [-0.4, -0.2) is 20.4 Å². The number of nitrogens with one attached hydrogen (secondary N) is 1. The molecular weight excluding hydrogens is 448 g/mol. The van der Waals surface area contributed by atoms with Gasteiger partial charge in [0.15, 0.2) is 0 Å². The largest absolute Gasteiger partial charge is 0.439 e. The van der Waals surface area contributed by atoms with Gasteiger partial charge in [-0.15, -0.1) is 0 Å². The summed E-state index contributed by atoms with van der Waals surface area (Å²) in [4.78, 5) is 22.2. The molecule has 0 unspecified atom stereocenters. The summed E-state index contributed by atoms with van der Waals surface area (Å²) < 4.78 is 7.87. The molecule has 0 spiro atoms. The molecule has 6 nitrogen and oxygen atoms in total. The molecule has 2 aromatic heterocycles. The third kappa shape index (κ3) is 4.54. The topological polar surface area (TPSA) is 69.0 Å². The van der Waals surface area contributed by atoms with E-state index in [2.05, 4.69) is 15.3 Å². The lowest BCUT2D eigenvalue weighted by molar-refractivity contribution is -0.121. The Morgan fingerprint density at radius 2 is 1.68 bits per heavy atom. The van der Waals surface area contributed by atoms with Crippen LogP contribution in [0.5, 0.6) is 11.6 Å². The number of nitrogens with zero attached hydrogens (tertiary/aromatic N) is 3. The Balaban J connectivity index is 1.31. The zero-order valence-corrected chi connectivity index (χ0v) is 19.6. The van der Waals surface area contributed by atoms with Crippen LogP contribution in [0.15, 0.2) is 79.1 Å². The number of rotatable bonds is 6.